The van der Waals surface area contributed by atoms with E-state index < -0.39 is 12.3 Å². The van der Waals surface area contributed by atoms with Crippen molar-refractivity contribution in [2.24, 2.45) is 0 Å². The zero-order valence-corrected chi connectivity index (χ0v) is 16.2. The van der Waals surface area contributed by atoms with Crippen molar-refractivity contribution >= 4 is 23.5 Å². The highest BCUT2D eigenvalue weighted by Crippen LogP contribution is 2.58. The summed E-state index contributed by atoms with van der Waals surface area (Å²) in [6, 6.07) is 27.2. The molecule has 1 N–H and O–H groups in total. The zero-order chi connectivity index (χ0) is 19.3. The molecular weight excluding hydrogens is 355 g/mol. The van der Waals surface area contributed by atoms with Crippen molar-refractivity contribution in [3.8, 4) is 0 Å². The van der Waals surface area contributed by atoms with Crippen LogP contribution >= 0.6 is 7.14 Å². The molecule has 3 aromatic rings. The van der Waals surface area contributed by atoms with Gasteiger partial charge in [0.2, 0.25) is 0 Å². The molecule has 0 heterocycles. The first kappa shape index (κ1) is 19.3. The standard InChI is InChI=1S/C23H23O3P/c1-23(17-18-24,22(25)19-11-5-2-6-12-19)27(26,20-13-7-3-8-14-20)21-15-9-4-10-16-21/h2-16,24H,17-18H2,1H3. The summed E-state index contributed by atoms with van der Waals surface area (Å²) in [6.45, 7) is 1.50. The van der Waals surface area contributed by atoms with Gasteiger partial charge in [-0.15, -0.1) is 0 Å². The maximum absolute atomic E-state index is 14.7. The Morgan fingerprint density at radius 3 is 1.63 bits per heavy atom. The number of Topliss-reactive ketones (excluding diaryl/α,β-unsaturated/α-hetero) is 1. The van der Waals surface area contributed by atoms with Crippen LogP contribution in [0, 0.1) is 0 Å². The maximum Gasteiger partial charge on any atom is 0.176 e. The van der Waals surface area contributed by atoms with E-state index in [-0.39, 0.29) is 18.8 Å². The molecule has 0 spiro atoms. The maximum atomic E-state index is 14.7. The summed E-state index contributed by atoms with van der Waals surface area (Å²) in [5, 5.41) is 9.77. The van der Waals surface area contributed by atoms with E-state index in [0.29, 0.717) is 16.2 Å². The quantitative estimate of drug-likeness (QED) is 0.499. The van der Waals surface area contributed by atoms with Gasteiger partial charge in [-0.1, -0.05) is 91.0 Å². The van der Waals surface area contributed by atoms with Crippen molar-refractivity contribution in [1.82, 2.24) is 0 Å². The fourth-order valence-electron chi connectivity index (χ4n) is 3.53. The van der Waals surface area contributed by atoms with E-state index >= 15 is 0 Å². The van der Waals surface area contributed by atoms with E-state index in [9.17, 15) is 14.5 Å². The van der Waals surface area contributed by atoms with Gasteiger partial charge in [0.15, 0.2) is 12.9 Å². The van der Waals surface area contributed by atoms with Gasteiger partial charge >= 0.3 is 0 Å². The number of carbonyl (C=O) groups is 1. The molecule has 138 valence electrons. The Hall–Kier alpha value is -2.48. The van der Waals surface area contributed by atoms with Crippen molar-refractivity contribution in [2.45, 2.75) is 18.5 Å². The lowest BCUT2D eigenvalue weighted by molar-refractivity contribution is 0.0927. The van der Waals surface area contributed by atoms with Crippen molar-refractivity contribution in [3.63, 3.8) is 0 Å². The van der Waals surface area contributed by atoms with E-state index in [0.717, 1.165) is 0 Å². The third-order valence-electron chi connectivity index (χ3n) is 5.06. The zero-order valence-electron chi connectivity index (χ0n) is 15.3. The van der Waals surface area contributed by atoms with E-state index in [2.05, 4.69) is 0 Å². The molecule has 4 heteroatoms. The summed E-state index contributed by atoms with van der Waals surface area (Å²) >= 11 is 0. The van der Waals surface area contributed by atoms with Gasteiger partial charge in [-0.05, 0) is 13.3 Å². The molecule has 0 aliphatic carbocycles. The first-order chi connectivity index (χ1) is 13.0. The van der Waals surface area contributed by atoms with Crippen LogP contribution in [0.3, 0.4) is 0 Å². The summed E-state index contributed by atoms with van der Waals surface area (Å²) in [4.78, 5) is 13.6. The molecule has 0 bridgehead atoms. The summed E-state index contributed by atoms with van der Waals surface area (Å²) in [7, 11) is -3.39. The molecule has 1 atom stereocenters. The number of ketones is 1. The number of aliphatic hydroxyl groups is 1. The molecule has 3 nitrogen and oxygen atoms in total. The first-order valence-corrected chi connectivity index (χ1v) is 10.7. The van der Waals surface area contributed by atoms with E-state index in [1.807, 2.05) is 66.7 Å². The minimum absolute atomic E-state index is 0.113. The number of rotatable bonds is 7. The fourth-order valence-corrected chi connectivity index (χ4v) is 6.98. The van der Waals surface area contributed by atoms with Crippen LogP contribution in [0.1, 0.15) is 23.7 Å². The smallest absolute Gasteiger partial charge is 0.176 e. The number of benzene rings is 3. The minimum atomic E-state index is -3.39. The number of hydrogen-bond donors (Lipinski definition) is 1. The van der Waals surface area contributed by atoms with Gasteiger partial charge in [-0.25, -0.2) is 0 Å². The van der Waals surface area contributed by atoms with Crippen LogP contribution < -0.4 is 10.6 Å². The predicted octanol–water partition coefficient (Wildman–Crippen LogP) is 4.02. The summed E-state index contributed by atoms with van der Waals surface area (Å²) in [5.74, 6) is -0.215. The molecule has 0 saturated heterocycles. The molecule has 0 fully saturated rings. The summed E-state index contributed by atoms with van der Waals surface area (Å²) in [5.41, 5.74) is 0.500. The Balaban J connectivity index is 2.28. The second-order valence-electron chi connectivity index (χ2n) is 6.72. The van der Waals surface area contributed by atoms with Crippen molar-refractivity contribution in [2.75, 3.05) is 6.61 Å². The van der Waals surface area contributed by atoms with Crippen molar-refractivity contribution < 1.29 is 14.5 Å². The molecule has 3 aromatic carbocycles. The Kier molecular flexibility index (Phi) is 5.74. The van der Waals surface area contributed by atoms with Gasteiger partial charge in [0, 0.05) is 22.8 Å². The van der Waals surface area contributed by atoms with Crippen LogP contribution in [0.5, 0.6) is 0 Å². The lowest BCUT2D eigenvalue weighted by Crippen LogP contribution is -2.43. The highest BCUT2D eigenvalue weighted by atomic mass is 31.2. The lowest BCUT2D eigenvalue weighted by Gasteiger charge is -2.37. The van der Waals surface area contributed by atoms with Crippen LogP contribution in [-0.4, -0.2) is 22.7 Å². The molecule has 0 saturated carbocycles. The van der Waals surface area contributed by atoms with E-state index in [1.54, 1.807) is 31.2 Å². The molecule has 0 radical (unpaired) electrons. The summed E-state index contributed by atoms with van der Waals surface area (Å²) < 4.78 is 14.7. The van der Waals surface area contributed by atoms with E-state index in [1.165, 1.54) is 0 Å². The molecule has 0 aromatic heterocycles. The largest absolute Gasteiger partial charge is 0.396 e. The van der Waals surface area contributed by atoms with Crippen LogP contribution in [0.4, 0.5) is 0 Å². The lowest BCUT2D eigenvalue weighted by atomic mass is 9.95. The molecule has 3 rings (SSSR count). The highest BCUT2D eigenvalue weighted by Gasteiger charge is 2.51. The number of aliphatic hydroxyl groups excluding tert-OH is 1. The molecular formula is C23H23O3P. The normalized spacial score (nSPS) is 13.7. The van der Waals surface area contributed by atoms with Gasteiger partial charge in [-0.2, -0.15) is 0 Å². The number of carbonyl (C=O) groups excluding carboxylic acids is 1. The molecule has 0 aliphatic rings. The first-order valence-electron chi connectivity index (χ1n) is 8.96. The highest BCUT2D eigenvalue weighted by molar-refractivity contribution is 7.81. The second-order valence-corrected chi connectivity index (χ2v) is 9.96. The Bertz CT molecular complexity index is 896. The topological polar surface area (TPSA) is 54.4 Å². The van der Waals surface area contributed by atoms with Gasteiger partial charge in [0.05, 0.1) is 5.16 Å². The van der Waals surface area contributed by atoms with Crippen LogP contribution in [-0.2, 0) is 4.57 Å². The van der Waals surface area contributed by atoms with Crippen LogP contribution in [0.25, 0.3) is 0 Å². The number of hydrogen-bond acceptors (Lipinski definition) is 3. The molecule has 1 unspecified atom stereocenters. The third kappa shape index (κ3) is 3.41. The SMILES string of the molecule is CC(CCO)(C(=O)c1ccccc1)P(=O)(c1ccccc1)c1ccccc1. The molecule has 0 amide bonds. The van der Waals surface area contributed by atoms with Gasteiger partial charge in [0.25, 0.3) is 0 Å². The van der Waals surface area contributed by atoms with Crippen LogP contribution in [0.2, 0.25) is 0 Å². The summed E-state index contributed by atoms with van der Waals surface area (Å²) in [6.07, 6.45) is 0.113. The monoisotopic (exact) mass is 378 g/mol. The minimum Gasteiger partial charge on any atom is -0.396 e. The third-order valence-corrected chi connectivity index (χ3v) is 8.93. The van der Waals surface area contributed by atoms with Crippen molar-refractivity contribution in [3.05, 3.63) is 96.6 Å². The van der Waals surface area contributed by atoms with Crippen molar-refractivity contribution in [1.29, 1.82) is 0 Å². The van der Waals surface area contributed by atoms with Gasteiger partial charge < -0.3 is 9.67 Å². The van der Waals surface area contributed by atoms with Gasteiger partial charge in [0.1, 0.15) is 0 Å². The van der Waals surface area contributed by atoms with E-state index in [4.69, 9.17) is 0 Å². The Labute approximate surface area is 160 Å². The molecule has 27 heavy (non-hydrogen) atoms. The molecule has 0 aliphatic heterocycles. The predicted molar refractivity (Wildman–Crippen MR) is 111 cm³/mol. The fraction of sp³-hybridized carbons (Fsp3) is 0.174. The average Bonchev–Trinajstić information content (AvgIpc) is 2.74. The van der Waals surface area contributed by atoms with Crippen LogP contribution in [0.15, 0.2) is 91.0 Å². The Morgan fingerprint density at radius 2 is 1.22 bits per heavy atom. The second kappa shape index (κ2) is 8.04. The Morgan fingerprint density at radius 1 is 0.815 bits per heavy atom. The van der Waals surface area contributed by atoms with Gasteiger partial charge in [-0.3, -0.25) is 4.79 Å². The average molecular weight is 378 g/mol.